The minimum atomic E-state index is -1.45. The van der Waals surface area contributed by atoms with Crippen molar-refractivity contribution in [3.63, 3.8) is 0 Å². The van der Waals surface area contributed by atoms with Crippen LogP contribution in [0.5, 0.6) is 0 Å². The van der Waals surface area contributed by atoms with Gasteiger partial charge in [0.05, 0.1) is 6.67 Å². The van der Waals surface area contributed by atoms with E-state index < -0.39 is 18.4 Å². The molecule has 3 rings (SSSR count). The molecule has 160 valence electrons. The molecular weight excluding hydrogens is 379 g/mol. The molecule has 0 heterocycles. The summed E-state index contributed by atoms with van der Waals surface area (Å²) in [5.74, 6) is -1.56. The predicted octanol–water partition coefficient (Wildman–Crippen LogP) is 5.96. The second-order valence-electron chi connectivity index (χ2n) is 9.21. The fourth-order valence-corrected chi connectivity index (χ4v) is 5.18. The Morgan fingerprint density at radius 3 is 2.43 bits per heavy atom. The van der Waals surface area contributed by atoms with Crippen molar-refractivity contribution < 1.29 is 19.1 Å². The number of rotatable bonds is 7. The molecule has 0 aromatic heterocycles. The predicted molar refractivity (Wildman–Crippen MR) is 117 cm³/mol. The number of hydrogen-bond donors (Lipinski definition) is 1. The fourth-order valence-electron chi connectivity index (χ4n) is 5.18. The van der Waals surface area contributed by atoms with Crippen LogP contribution in [-0.2, 0) is 16.6 Å². The summed E-state index contributed by atoms with van der Waals surface area (Å²) >= 11 is 0. The average Bonchev–Trinajstić information content (AvgIpc) is 2.73. The van der Waals surface area contributed by atoms with Crippen molar-refractivity contribution in [3.05, 3.63) is 70.8 Å². The molecule has 1 N–H and O–H groups in total. The lowest BCUT2D eigenvalue weighted by Gasteiger charge is -2.45. The molecule has 1 aliphatic rings. The molecular formula is C26H31FO3. The SMILES string of the molecule is CC1CCC(C(C)(C)c2ccccc2)C(c2cc(CCF)ccc2C(=O)C(=O)O)C1. The van der Waals surface area contributed by atoms with Crippen molar-refractivity contribution in [2.75, 3.05) is 6.67 Å². The summed E-state index contributed by atoms with van der Waals surface area (Å²) in [5.41, 5.74) is 2.92. The minimum Gasteiger partial charge on any atom is -0.475 e. The van der Waals surface area contributed by atoms with E-state index in [4.69, 9.17) is 0 Å². The lowest BCUT2D eigenvalue weighted by molar-refractivity contribution is -0.131. The van der Waals surface area contributed by atoms with Crippen LogP contribution >= 0.6 is 0 Å². The van der Waals surface area contributed by atoms with E-state index in [1.54, 1.807) is 12.1 Å². The van der Waals surface area contributed by atoms with Gasteiger partial charge in [0.15, 0.2) is 0 Å². The van der Waals surface area contributed by atoms with Crippen LogP contribution < -0.4 is 0 Å². The monoisotopic (exact) mass is 410 g/mol. The second-order valence-corrected chi connectivity index (χ2v) is 9.21. The van der Waals surface area contributed by atoms with Crippen molar-refractivity contribution >= 4 is 11.8 Å². The molecule has 0 radical (unpaired) electrons. The molecule has 0 spiro atoms. The highest BCUT2D eigenvalue weighted by molar-refractivity contribution is 6.40. The average molecular weight is 411 g/mol. The maximum Gasteiger partial charge on any atom is 0.377 e. The Labute approximate surface area is 178 Å². The van der Waals surface area contributed by atoms with E-state index in [1.165, 1.54) is 5.56 Å². The van der Waals surface area contributed by atoms with Crippen molar-refractivity contribution in [2.24, 2.45) is 11.8 Å². The van der Waals surface area contributed by atoms with E-state index in [-0.39, 0.29) is 29.2 Å². The van der Waals surface area contributed by atoms with Gasteiger partial charge >= 0.3 is 5.97 Å². The molecule has 2 aromatic rings. The third kappa shape index (κ3) is 4.48. The number of benzene rings is 2. The van der Waals surface area contributed by atoms with Crippen LogP contribution in [0.4, 0.5) is 4.39 Å². The highest BCUT2D eigenvalue weighted by Gasteiger charge is 2.42. The van der Waals surface area contributed by atoms with Gasteiger partial charge in [0.2, 0.25) is 0 Å². The molecule has 3 unspecified atom stereocenters. The number of ketones is 1. The molecule has 4 heteroatoms. The van der Waals surface area contributed by atoms with Gasteiger partial charge in [-0.1, -0.05) is 75.7 Å². The van der Waals surface area contributed by atoms with Crippen LogP contribution in [0.15, 0.2) is 48.5 Å². The summed E-state index contributed by atoms with van der Waals surface area (Å²) in [6.45, 7) is 6.20. The first-order valence-corrected chi connectivity index (χ1v) is 10.8. The Balaban J connectivity index is 2.12. The third-order valence-corrected chi connectivity index (χ3v) is 6.89. The highest BCUT2D eigenvalue weighted by Crippen LogP contribution is 2.50. The molecule has 2 aromatic carbocycles. The lowest BCUT2D eigenvalue weighted by atomic mass is 9.59. The maximum atomic E-state index is 13.0. The molecule has 0 bridgehead atoms. The number of carbonyl (C=O) groups is 2. The smallest absolute Gasteiger partial charge is 0.377 e. The molecule has 0 aliphatic heterocycles. The topological polar surface area (TPSA) is 54.4 Å². The molecule has 0 saturated heterocycles. The van der Waals surface area contributed by atoms with E-state index >= 15 is 0 Å². The molecule has 1 aliphatic carbocycles. The van der Waals surface area contributed by atoms with E-state index in [9.17, 15) is 19.1 Å². The summed E-state index contributed by atoms with van der Waals surface area (Å²) in [4.78, 5) is 24.0. The van der Waals surface area contributed by atoms with Gasteiger partial charge in [-0.25, -0.2) is 4.79 Å². The van der Waals surface area contributed by atoms with E-state index in [1.807, 2.05) is 24.3 Å². The van der Waals surface area contributed by atoms with Crippen LogP contribution in [0.3, 0.4) is 0 Å². The summed E-state index contributed by atoms with van der Waals surface area (Å²) in [7, 11) is 0. The Morgan fingerprint density at radius 1 is 1.10 bits per heavy atom. The summed E-state index contributed by atoms with van der Waals surface area (Å²) in [6.07, 6.45) is 3.26. The molecule has 1 saturated carbocycles. The number of halogens is 1. The van der Waals surface area contributed by atoms with E-state index in [0.717, 1.165) is 30.4 Å². The maximum absolute atomic E-state index is 13.0. The van der Waals surface area contributed by atoms with Crippen LogP contribution in [0.2, 0.25) is 0 Å². The summed E-state index contributed by atoms with van der Waals surface area (Å²) in [5, 5.41) is 9.38. The molecule has 3 atom stereocenters. The largest absolute Gasteiger partial charge is 0.475 e. The number of Topliss-reactive ketones (excluding diaryl/α,β-unsaturated/α-hetero) is 1. The highest BCUT2D eigenvalue weighted by atomic mass is 19.1. The number of alkyl halides is 1. The van der Waals surface area contributed by atoms with Crippen molar-refractivity contribution in [1.82, 2.24) is 0 Å². The van der Waals surface area contributed by atoms with Gasteiger partial charge < -0.3 is 5.11 Å². The Bertz CT molecular complexity index is 904. The number of hydrogen-bond acceptors (Lipinski definition) is 2. The van der Waals surface area contributed by atoms with E-state index in [0.29, 0.717) is 5.92 Å². The zero-order valence-corrected chi connectivity index (χ0v) is 18.0. The quantitative estimate of drug-likeness (QED) is 0.452. The zero-order chi connectivity index (χ0) is 21.9. The standard InChI is InChI=1S/C26H31FO3/c1-17-9-12-23(26(2,3)19-7-5-4-6-8-19)22(15-17)21-16-18(13-14-27)10-11-20(21)24(28)25(29)30/h4-8,10-11,16-17,22-23H,9,12-15H2,1-3H3,(H,29,30). The van der Waals surface area contributed by atoms with E-state index in [2.05, 4.69) is 32.9 Å². The van der Waals surface area contributed by atoms with Gasteiger partial charge in [0.25, 0.3) is 5.78 Å². The third-order valence-electron chi connectivity index (χ3n) is 6.89. The fraction of sp³-hybridized carbons (Fsp3) is 0.462. The van der Waals surface area contributed by atoms with Crippen LogP contribution in [0, 0.1) is 11.8 Å². The van der Waals surface area contributed by atoms with Gasteiger partial charge in [0, 0.05) is 12.0 Å². The Hall–Kier alpha value is -2.49. The Morgan fingerprint density at radius 2 is 1.80 bits per heavy atom. The van der Waals surface area contributed by atoms with Crippen molar-refractivity contribution in [2.45, 2.75) is 57.8 Å². The Kier molecular flexibility index (Phi) is 6.74. The minimum absolute atomic E-state index is 0.0433. The molecule has 1 fully saturated rings. The first kappa shape index (κ1) is 22.2. The number of carbonyl (C=O) groups excluding carboxylic acids is 1. The number of carboxylic acids is 1. The van der Waals surface area contributed by atoms with Crippen LogP contribution in [0.1, 0.15) is 73.0 Å². The first-order chi connectivity index (χ1) is 14.3. The van der Waals surface area contributed by atoms with Gasteiger partial charge in [0.1, 0.15) is 0 Å². The van der Waals surface area contributed by atoms with Gasteiger partial charge in [-0.05, 0) is 52.7 Å². The van der Waals surface area contributed by atoms with Gasteiger partial charge in [-0.15, -0.1) is 0 Å². The number of aryl methyl sites for hydroxylation is 1. The lowest BCUT2D eigenvalue weighted by Crippen LogP contribution is -2.37. The summed E-state index contributed by atoms with van der Waals surface area (Å²) < 4.78 is 13.0. The summed E-state index contributed by atoms with van der Waals surface area (Å²) in [6, 6.07) is 15.5. The zero-order valence-electron chi connectivity index (χ0n) is 18.0. The van der Waals surface area contributed by atoms with Crippen molar-refractivity contribution in [1.29, 1.82) is 0 Å². The number of carboxylic acid groups (broad SMARTS) is 1. The van der Waals surface area contributed by atoms with Gasteiger partial charge in [-0.3, -0.25) is 9.18 Å². The number of aliphatic carboxylic acids is 1. The second kappa shape index (κ2) is 9.11. The molecule has 30 heavy (non-hydrogen) atoms. The first-order valence-electron chi connectivity index (χ1n) is 10.8. The normalized spacial score (nSPS) is 21.9. The molecule has 3 nitrogen and oxygen atoms in total. The van der Waals surface area contributed by atoms with Crippen LogP contribution in [0.25, 0.3) is 0 Å². The van der Waals surface area contributed by atoms with Crippen LogP contribution in [-0.4, -0.2) is 23.5 Å². The van der Waals surface area contributed by atoms with Gasteiger partial charge in [-0.2, -0.15) is 0 Å². The molecule has 0 amide bonds. The van der Waals surface area contributed by atoms with Crippen molar-refractivity contribution in [3.8, 4) is 0 Å².